The Balaban J connectivity index is 2.01. The normalized spacial score (nSPS) is 16.2. The third-order valence-electron chi connectivity index (χ3n) is 3.48. The number of rotatable bonds is 6. The van der Waals surface area contributed by atoms with Crippen LogP contribution < -0.4 is 10.1 Å². The van der Waals surface area contributed by atoms with Gasteiger partial charge < -0.3 is 9.84 Å². The standard InChI is InChI=1S/C15H21NO3/c1-9-6-10(2)11(3)14(7-9)19-8-13(15(17)18)16-12-4-5-12/h6-7,12-13,16H,4-5,8H2,1-3H3,(H,17,18). The number of benzene rings is 1. The smallest absolute Gasteiger partial charge is 0.324 e. The molecular weight excluding hydrogens is 242 g/mol. The second-order valence-corrected chi connectivity index (χ2v) is 5.35. The quantitative estimate of drug-likeness (QED) is 0.826. The molecule has 0 saturated heterocycles. The van der Waals surface area contributed by atoms with E-state index in [2.05, 4.69) is 11.4 Å². The molecule has 4 nitrogen and oxygen atoms in total. The molecule has 1 saturated carbocycles. The highest BCUT2D eigenvalue weighted by molar-refractivity contribution is 5.73. The summed E-state index contributed by atoms with van der Waals surface area (Å²) in [7, 11) is 0. The van der Waals surface area contributed by atoms with E-state index in [0.717, 1.165) is 35.3 Å². The van der Waals surface area contributed by atoms with Gasteiger partial charge >= 0.3 is 5.97 Å². The van der Waals surface area contributed by atoms with E-state index >= 15 is 0 Å². The maximum atomic E-state index is 11.2. The minimum absolute atomic E-state index is 0.162. The second-order valence-electron chi connectivity index (χ2n) is 5.35. The summed E-state index contributed by atoms with van der Waals surface area (Å²) >= 11 is 0. The van der Waals surface area contributed by atoms with Crippen LogP contribution in [0.2, 0.25) is 0 Å². The van der Waals surface area contributed by atoms with Gasteiger partial charge in [0.1, 0.15) is 18.4 Å². The van der Waals surface area contributed by atoms with Gasteiger partial charge in [-0.15, -0.1) is 0 Å². The van der Waals surface area contributed by atoms with E-state index in [1.54, 1.807) is 0 Å². The molecule has 0 aromatic heterocycles. The topological polar surface area (TPSA) is 58.6 Å². The Bertz CT molecular complexity index is 481. The molecule has 1 atom stereocenters. The molecule has 4 heteroatoms. The lowest BCUT2D eigenvalue weighted by atomic mass is 10.1. The molecule has 19 heavy (non-hydrogen) atoms. The minimum atomic E-state index is -0.853. The van der Waals surface area contributed by atoms with Crippen molar-refractivity contribution in [3.63, 3.8) is 0 Å². The van der Waals surface area contributed by atoms with E-state index in [-0.39, 0.29) is 6.61 Å². The van der Waals surface area contributed by atoms with Crippen LogP contribution in [0.25, 0.3) is 0 Å². The molecule has 0 spiro atoms. The van der Waals surface area contributed by atoms with Crippen LogP contribution in [0.1, 0.15) is 29.5 Å². The molecule has 1 unspecified atom stereocenters. The molecule has 104 valence electrons. The van der Waals surface area contributed by atoms with E-state index in [1.165, 1.54) is 0 Å². The number of carbonyl (C=O) groups is 1. The zero-order chi connectivity index (χ0) is 14.0. The molecule has 2 rings (SSSR count). The van der Waals surface area contributed by atoms with Crippen molar-refractivity contribution in [3.05, 3.63) is 28.8 Å². The van der Waals surface area contributed by atoms with Gasteiger partial charge in [0, 0.05) is 6.04 Å². The summed E-state index contributed by atoms with van der Waals surface area (Å²) in [5.41, 5.74) is 3.36. The van der Waals surface area contributed by atoms with Crippen molar-refractivity contribution in [2.24, 2.45) is 0 Å². The summed E-state index contributed by atoms with van der Waals surface area (Å²) in [6, 6.07) is 3.77. The van der Waals surface area contributed by atoms with E-state index in [0.29, 0.717) is 6.04 Å². The lowest BCUT2D eigenvalue weighted by molar-refractivity contribution is -0.140. The third kappa shape index (κ3) is 3.70. The molecule has 0 bridgehead atoms. The lowest BCUT2D eigenvalue weighted by Gasteiger charge is -2.17. The van der Waals surface area contributed by atoms with Crippen LogP contribution in [0.4, 0.5) is 0 Å². The fraction of sp³-hybridized carbons (Fsp3) is 0.533. The first-order chi connectivity index (χ1) is 8.97. The van der Waals surface area contributed by atoms with Crippen molar-refractivity contribution in [2.45, 2.75) is 45.7 Å². The van der Waals surface area contributed by atoms with Gasteiger partial charge in [-0.1, -0.05) is 6.07 Å². The number of carboxylic acid groups (broad SMARTS) is 1. The molecule has 1 aromatic carbocycles. The Morgan fingerprint density at radius 2 is 2.11 bits per heavy atom. The highest BCUT2D eigenvalue weighted by atomic mass is 16.5. The van der Waals surface area contributed by atoms with Gasteiger partial charge in [-0.05, 0) is 56.4 Å². The maximum absolute atomic E-state index is 11.2. The first-order valence-corrected chi connectivity index (χ1v) is 6.67. The molecule has 1 aliphatic carbocycles. The van der Waals surface area contributed by atoms with Crippen LogP contribution in [-0.4, -0.2) is 29.8 Å². The van der Waals surface area contributed by atoms with Crippen molar-refractivity contribution in [1.29, 1.82) is 0 Å². The summed E-state index contributed by atoms with van der Waals surface area (Å²) < 4.78 is 5.71. The average Bonchev–Trinajstić information content (AvgIpc) is 3.13. The van der Waals surface area contributed by atoms with Crippen molar-refractivity contribution >= 4 is 5.97 Å². The monoisotopic (exact) mass is 263 g/mol. The summed E-state index contributed by atoms with van der Waals surface area (Å²) in [5.74, 6) is -0.0738. The zero-order valence-electron chi connectivity index (χ0n) is 11.7. The number of nitrogens with one attached hydrogen (secondary N) is 1. The molecule has 2 N–H and O–H groups in total. The number of aliphatic carboxylic acids is 1. The Hall–Kier alpha value is -1.55. The van der Waals surface area contributed by atoms with Gasteiger partial charge in [-0.25, -0.2) is 0 Å². The van der Waals surface area contributed by atoms with Crippen molar-refractivity contribution in [3.8, 4) is 5.75 Å². The van der Waals surface area contributed by atoms with Gasteiger partial charge in [0.05, 0.1) is 0 Å². The van der Waals surface area contributed by atoms with Gasteiger partial charge in [0.15, 0.2) is 0 Å². The largest absolute Gasteiger partial charge is 0.491 e. The average molecular weight is 263 g/mol. The first-order valence-electron chi connectivity index (χ1n) is 6.67. The number of carboxylic acids is 1. The Morgan fingerprint density at radius 3 is 2.68 bits per heavy atom. The molecular formula is C15H21NO3. The van der Waals surface area contributed by atoms with Gasteiger partial charge in [-0.3, -0.25) is 10.1 Å². The van der Waals surface area contributed by atoms with Crippen LogP contribution in [0.5, 0.6) is 5.75 Å². The molecule has 0 radical (unpaired) electrons. The Morgan fingerprint density at radius 1 is 1.42 bits per heavy atom. The van der Waals surface area contributed by atoms with Gasteiger partial charge in [0.2, 0.25) is 0 Å². The lowest BCUT2D eigenvalue weighted by Crippen LogP contribution is -2.42. The van der Waals surface area contributed by atoms with Crippen LogP contribution in [-0.2, 0) is 4.79 Å². The van der Waals surface area contributed by atoms with Crippen molar-refractivity contribution < 1.29 is 14.6 Å². The van der Waals surface area contributed by atoms with E-state index in [4.69, 9.17) is 9.84 Å². The third-order valence-corrected chi connectivity index (χ3v) is 3.48. The zero-order valence-corrected chi connectivity index (χ0v) is 11.7. The van der Waals surface area contributed by atoms with E-state index in [9.17, 15) is 4.79 Å². The molecule has 1 aromatic rings. The molecule has 0 amide bonds. The highest BCUT2D eigenvalue weighted by Crippen LogP contribution is 2.24. The fourth-order valence-corrected chi connectivity index (χ4v) is 2.05. The first kappa shape index (κ1) is 13.9. The molecule has 0 aliphatic heterocycles. The van der Waals surface area contributed by atoms with Crippen LogP contribution in [0.15, 0.2) is 12.1 Å². The molecule has 0 heterocycles. The highest BCUT2D eigenvalue weighted by Gasteiger charge is 2.28. The SMILES string of the molecule is Cc1cc(C)c(C)c(OCC(NC2CC2)C(=O)O)c1. The maximum Gasteiger partial charge on any atom is 0.324 e. The fourth-order valence-electron chi connectivity index (χ4n) is 2.05. The van der Waals surface area contributed by atoms with Gasteiger partial charge in [-0.2, -0.15) is 0 Å². The predicted molar refractivity (Wildman–Crippen MR) is 73.7 cm³/mol. The molecule has 1 fully saturated rings. The summed E-state index contributed by atoms with van der Waals surface area (Å²) in [6.07, 6.45) is 2.12. The predicted octanol–water partition coefficient (Wildman–Crippen LogP) is 2.20. The van der Waals surface area contributed by atoms with Crippen LogP contribution in [0, 0.1) is 20.8 Å². The van der Waals surface area contributed by atoms with Crippen LogP contribution >= 0.6 is 0 Å². The van der Waals surface area contributed by atoms with E-state index < -0.39 is 12.0 Å². The van der Waals surface area contributed by atoms with Crippen molar-refractivity contribution in [1.82, 2.24) is 5.32 Å². The van der Waals surface area contributed by atoms with E-state index in [1.807, 2.05) is 26.8 Å². The number of hydrogen-bond donors (Lipinski definition) is 2. The van der Waals surface area contributed by atoms with Gasteiger partial charge in [0.25, 0.3) is 0 Å². The molecule has 1 aliphatic rings. The number of aryl methyl sites for hydroxylation is 2. The van der Waals surface area contributed by atoms with Crippen molar-refractivity contribution in [2.75, 3.05) is 6.61 Å². The summed E-state index contributed by atoms with van der Waals surface area (Å²) in [6.45, 7) is 6.20. The van der Waals surface area contributed by atoms with Crippen LogP contribution in [0.3, 0.4) is 0 Å². The Kier molecular flexibility index (Phi) is 4.10. The second kappa shape index (κ2) is 5.61. The number of hydrogen-bond acceptors (Lipinski definition) is 3. The Labute approximate surface area is 113 Å². The number of ether oxygens (including phenoxy) is 1. The summed E-state index contributed by atoms with van der Waals surface area (Å²) in [4.78, 5) is 11.2. The minimum Gasteiger partial charge on any atom is -0.491 e. The summed E-state index contributed by atoms with van der Waals surface area (Å²) in [5, 5.41) is 12.2.